The lowest BCUT2D eigenvalue weighted by Crippen LogP contribution is -2.31. The first-order chi connectivity index (χ1) is 12.0. The number of rotatable bonds is 4. The zero-order valence-corrected chi connectivity index (χ0v) is 14.4. The van der Waals surface area contributed by atoms with Gasteiger partial charge in [0.05, 0.1) is 16.9 Å². The van der Waals surface area contributed by atoms with E-state index in [1.807, 2.05) is 32.9 Å². The standard InChI is InChI=1S/C18H20N4O3/c1-4-8-20-17(23)14-15(19)12-7-5-6-11(16(12)21-18(14)24)13-9(2)22-25-10(13)3/h5-7H,4,8H2,1-3H3,(H,20,23)(H3,19,21,24). The van der Waals surface area contributed by atoms with Crippen LogP contribution in [-0.4, -0.2) is 22.6 Å². The van der Waals surface area contributed by atoms with E-state index in [-0.39, 0.29) is 11.3 Å². The molecule has 3 rings (SSSR count). The van der Waals surface area contributed by atoms with Crippen molar-refractivity contribution in [2.24, 2.45) is 0 Å². The van der Waals surface area contributed by atoms with Crippen molar-refractivity contribution < 1.29 is 9.32 Å². The lowest BCUT2D eigenvalue weighted by molar-refractivity contribution is 0.0953. The third-order valence-electron chi connectivity index (χ3n) is 4.15. The topological polar surface area (TPSA) is 114 Å². The Kier molecular flexibility index (Phi) is 4.31. The summed E-state index contributed by atoms with van der Waals surface area (Å²) in [5.74, 6) is 0.180. The number of nitrogens with two attached hydrogens (primary N) is 1. The summed E-state index contributed by atoms with van der Waals surface area (Å²) in [6.07, 6.45) is 0.771. The molecule has 0 saturated heterocycles. The van der Waals surface area contributed by atoms with Crippen LogP contribution in [0, 0.1) is 13.8 Å². The number of hydrogen-bond donors (Lipinski definition) is 3. The van der Waals surface area contributed by atoms with E-state index in [0.29, 0.717) is 28.9 Å². The number of fused-ring (bicyclic) bond motifs is 1. The number of aromatic nitrogens is 2. The molecule has 130 valence electrons. The maximum Gasteiger partial charge on any atom is 0.263 e. The molecular weight excluding hydrogens is 320 g/mol. The van der Waals surface area contributed by atoms with Gasteiger partial charge in [-0.25, -0.2) is 0 Å². The quantitative estimate of drug-likeness (QED) is 0.675. The SMILES string of the molecule is CCCNC(=O)c1c(N)c2cccc(-c3c(C)noc3C)c2[nH]c1=O. The second kappa shape index (κ2) is 6.43. The number of H-pyrrole nitrogens is 1. The summed E-state index contributed by atoms with van der Waals surface area (Å²) < 4.78 is 5.23. The van der Waals surface area contributed by atoms with Gasteiger partial charge in [-0.05, 0) is 20.3 Å². The van der Waals surface area contributed by atoms with Gasteiger partial charge in [0.2, 0.25) is 0 Å². The minimum atomic E-state index is -0.516. The van der Waals surface area contributed by atoms with Crippen LogP contribution in [0.3, 0.4) is 0 Å². The van der Waals surface area contributed by atoms with E-state index in [9.17, 15) is 9.59 Å². The molecule has 0 unspecified atom stereocenters. The molecule has 1 aromatic carbocycles. The van der Waals surface area contributed by atoms with Crippen molar-refractivity contribution in [2.75, 3.05) is 12.3 Å². The highest BCUT2D eigenvalue weighted by molar-refractivity contribution is 6.09. The molecule has 2 aromatic heterocycles. The first-order valence-electron chi connectivity index (χ1n) is 8.11. The summed E-state index contributed by atoms with van der Waals surface area (Å²) >= 11 is 0. The van der Waals surface area contributed by atoms with Gasteiger partial charge in [-0.3, -0.25) is 9.59 Å². The van der Waals surface area contributed by atoms with Gasteiger partial charge in [-0.1, -0.05) is 30.3 Å². The first kappa shape index (κ1) is 16.8. The van der Waals surface area contributed by atoms with Gasteiger partial charge in [0.1, 0.15) is 11.3 Å². The van der Waals surface area contributed by atoms with Crippen molar-refractivity contribution in [2.45, 2.75) is 27.2 Å². The van der Waals surface area contributed by atoms with E-state index in [0.717, 1.165) is 17.5 Å². The van der Waals surface area contributed by atoms with Crippen LogP contribution in [0.4, 0.5) is 5.69 Å². The number of aromatic amines is 1. The summed E-state index contributed by atoms with van der Waals surface area (Å²) in [5, 5.41) is 7.26. The molecule has 0 bridgehead atoms. The van der Waals surface area contributed by atoms with Crippen molar-refractivity contribution in [3.8, 4) is 11.1 Å². The minimum absolute atomic E-state index is 0.0585. The summed E-state index contributed by atoms with van der Waals surface area (Å²) in [6.45, 7) is 6.06. The number of nitrogens with one attached hydrogen (secondary N) is 2. The molecule has 0 aliphatic heterocycles. The Morgan fingerprint density at radius 2 is 2.12 bits per heavy atom. The number of hydrogen-bond acceptors (Lipinski definition) is 5. The zero-order valence-electron chi connectivity index (χ0n) is 14.4. The number of para-hydroxylation sites is 1. The predicted molar refractivity (Wildman–Crippen MR) is 96.6 cm³/mol. The molecule has 4 N–H and O–H groups in total. The molecule has 0 fully saturated rings. The molecule has 2 heterocycles. The van der Waals surface area contributed by atoms with Crippen molar-refractivity contribution in [1.82, 2.24) is 15.5 Å². The third-order valence-corrected chi connectivity index (χ3v) is 4.15. The number of nitrogens with zero attached hydrogens (tertiary/aromatic N) is 1. The number of aryl methyl sites for hydroxylation is 2. The van der Waals surface area contributed by atoms with Crippen molar-refractivity contribution in [1.29, 1.82) is 0 Å². The van der Waals surface area contributed by atoms with E-state index >= 15 is 0 Å². The van der Waals surface area contributed by atoms with Crippen LogP contribution in [0.15, 0.2) is 27.5 Å². The summed E-state index contributed by atoms with van der Waals surface area (Å²) in [7, 11) is 0. The van der Waals surface area contributed by atoms with E-state index in [1.54, 1.807) is 6.07 Å². The molecule has 0 spiro atoms. The maximum absolute atomic E-state index is 12.5. The van der Waals surface area contributed by atoms with E-state index in [2.05, 4.69) is 15.5 Å². The van der Waals surface area contributed by atoms with Crippen LogP contribution in [0.1, 0.15) is 35.2 Å². The second-order valence-corrected chi connectivity index (χ2v) is 5.93. The molecule has 1 amide bonds. The van der Waals surface area contributed by atoms with Crippen LogP contribution in [0.5, 0.6) is 0 Å². The average molecular weight is 340 g/mol. The number of anilines is 1. The number of carbonyl (C=O) groups excluding carboxylic acids is 1. The predicted octanol–water partition coefficient (Wildman–Crippen LogP) is 2.52. The van der Waals surface area contributed by atoms with Crippen LogP contribution in [0.25, 0.3) is 22.0 Å². The monoisotopic (exact) mass is 340 g/mol. The van der Waals surface area contributed by atoms with Gasteiger partial charge in [-0.15, -0.1) is 0 Å². The number of benzene rings is 1. The van der Waals surface area contributed by atoms with Crippen molar-refractivity contribution in [3.05, 3.63) is 45.6 Å². The first-order valence-corrected chi connectivity index (χ1v) is 8.11. The fourth-order valence-corrected chi connectivity index (χ4v) is 2.97. The number of nitrogen functional groups attached to an aromatic ring is 1. The Labute approximate surface area is 144 Å². The van der Waals surface area contributed by atoms with Gasteiger partial charge in [-0.2, -0.15) is 0 Å². The molecule has 0 aliphatic carbocycles. The van der Waals surface area contributed by atoms with Gasteiger partial charge >= 0.3 is 0 Å². The number of pyridine rings is 1. The maximum atomic E-state index is 12.5. The molecule has 7 nitrogen and oxygen atoms in total. The zero-order chi connectivity index (χ0) is 18.1. The lowest BCUT2D eigenvalue weighted by atomic mass is 9.98. The lowest BCUT2D eigenvalue weighted by Gasteiger charge is -2.11. The highest BCUT2D eigenvalue weighted by atomic mass is 16.5. The Hall–Kier alpha value is -3.09. The molecule has 25 heavy (non-hydrogen) atoms. The third kappa shape index (κ3) is 2.77. The molecule has 0 atom stereocenters. The van der Waals surface area contributed by atoms with Gasteiger partial charge < -0.3 is 20.6 Å². The number of carbonyl (C=O) groups is 1. The fraction of sp³-hybridized carbons (Fsp3) is 0.278. The fourth-order valence-electron chi connectivity index (χ4n) is 2.97. The molecule has 0 radical (unpaired) electrons. The smallest absolute Gasteiger partial charge is 0.263 e. The second-order valence-electron chi connectivity index (χ2n) is 5.93. The molecule has 0 aliphatic rings. The van der Waals surface area contributed by atoms with E-state index in [4.69, 9.17) is 10.3 Å². The summed E-state index contributed by atoms with van der Waals surface area (Å²) in [4.78, 5) is 27.6. The van der Waals surface area contributed by atoms with Crippen molar-refractivity contribution in [3.63, 3.8) is 0 Å². The van der Waals surface area contributed by atoms with E-state index < -0.39 is 11.5 Å². The Bertz CT molecular complexity index is 998. The van der Waals surface area contributed by atoms with Crippen LogP contribution >= 0.6 is 0 Å². The highest BCUT2D eigenvalue weighted by Gasteiger charge is 2.20. The van der Waals surface area contributed by atoms with E-state index in [1.165, 1.54) is 0 Å². The Morgan fingerprint density at radius 1 is 1.36 bits per heavy atom. The Morgan fingerprint density at radius 3 is 2.76 bits per heavy atom. The molecule has 0 saturated carbocycles. The summed E-state index contributed by atoms with van der Waals surface area (Å²) in [5.41, 5.74) is 8.61. The van der Waals surface area contributed by atoms with Gasteiger partial charge in [0.25, 0.3) is 11.5 Å². The average Bonchev–Trinajstić information content (AvgIpc) is 2.91. The van der Waals surface area contributed by atoms with Crippen LogP contribution in [-0.2, 0) is 0 Å². The molecule has 3 aromatic rings. The van der Waals surface area contributed by atoms with Crippen LogP contribution < -0.4 is 16.6 Å². The van der Waals surface area contributed by atoms with Gasteiger partial charge in [0.15, 0.2) is 0 Å². The molecule has 7 heteroatoms. The summed E-state index contributed by atoms with van der Waals surface area (Å²) in [6, 6.07) is 5.46. The van der Waals surface area contributed by atoms with Gasteiger partial charge in [0, 0.05) is 23.1 Å². The Balaban J connectivity index is 2.26. The van der Waals surface area contributed by atoms with Crippen molar-refractivity contribution >= 4 is 22.5 Å². The highest BCUT2D eigenvalue weighted by Crippen LogP contribution is 2.33. The van der Waals surface area contributed by atoms with Crippen LogP contribution in [0.2, 0.25) is 0 Å². The number of amides is 1. The largest absolute Gasteiger partial charge is 0.397 e. The molecular formula is C18H20N4O3. The minimum Gasteiger partial charge on any atom is -0.397 e. The normalized spacial score (nSPS) is 11.0.